The van der Waals surface area contributed by atoms with E-state index in [0.717, 1.165) is 51.4 Å². The van der Waals surface area contributed by atoms with Crippen LogP contribution in [-0.4, -0.2) is 29.2 Å². The highest BCUT2D eigenvalue weighted by atomic mass is 35.5. The number of nitrogens with one attached hydrogen (secondary N) is 1. The smallest absolute Gasteiger partial charge is 0.229 e. The van der Waals surface area contributed by atoms with Crippen molar-refractivity contribution in [2.75, 3.05) is 11.9 Å². The molecule has 3 amide bonds. The molecule has 0 spiro atoms. The van der Waals surface area contributed by atoms with Gasteiger partial charge in [-0.05, 0) is 25.0 Å². The number of rotatable bonds is 12. The van der Waals surface area contributed by atoms with Crippen LogP contribution in [0.4, 0.5) is 5.69 Å². The highest BCUT2D eigenvalue weighted by molar-refractivity contribution is 6.33. The number of nitrogens with zero attached hydrogens (tertiary/aromatic N) is 1. The van der Waals surface area contributed by atoms with E-state index in [1.165, 1.54) is 4.90 Å². The number of para-hydroxylation sites is 1. The quantitative estimate of drug-likeness (QED) is 0.404. The molecule has 5 nitrogen and oxygen atoms in total. The number of carbonyl (C=O) groups is 3. The van der Waals surface area contributed by atoms with E-state index >= 15 is 0 Å². The number of benzene rings is 1. The number of hydrogen-bond donors (Lipinski definition) is 1. The Hall–Kier alpha value is -1.88. The Kier molecular flexibility index (Phi) is 9.32. The number of amides is 3. The molecule has 27 heavy (non-hydrogen) atoms. The zero-order valence-electron chi connectivity index (χ0n) is 15.8. The van der Waals surface area contributed by atoms with E-state index in [1.54, 1.807) is 12.1 Å². The van der Waals surface area contributed by atoms with Crippen molar-refractivity contribution in [3.05, 3.63) is 29.3 Å². The number of hydrogen-bond acceptors (Lipinski definition) is 3. The fourth-order valence-electron chi connectivity index (χ4n) is 3.26. The first-order valence-electron chi connectivity index (χ1n) is 9.95. The molecule has 0 atom stereocenters. The summed E-state index contributed by atoms with van der Waals surface area (Å²) in [6, 6.07) is 7.25. The first-order chi connectivity index (χ1) is 13.1. The van der Waals surface area contributed by atoms with Crippen molar-refractivity contribution < 1.29 is 14.4 Å². The van der Waals surface area contributed by atoms with Gasteiger partial charge in [-0.25, -0.2) is 0 Å². The van der Waals surface area contributed by atoms with Crippen LogP contribution < -0.4 is 5.32 Å². The van der Waals surface area contributed by atoms with E-state index in [0.29, 0.717) is 36.5 Å². The van der Waals surface area contributed by atoms with Gasteiger partial charge in [-0.2, -0.15) is 0 Å². The minimum absolute atomic E-state index is 0.00843. The molecule has 1 heterocycles. The molecule has 0 aliphatic carbocycles. The monoisotopic (exact) mass is 392 g/mol. The average molecular weight is 393 g/mol. The van der Waals surface area contributed by atoms with Crippen LogP contribution in [0.15, 0.2) is 24.3 Å². The van der Waals surface area contributed by atoms with Crippen molar-refractivity contribution in [2.24, 2.45) is 0 Å². The Morgan fingerprint density at radius 3 is 2.07 bits per heavy atom. The van der Waals surface area contributed by atoms with Gasteiger partial charge in [0.1, 0.15) is 0 Å². The van der Waals surface area contributed by atoms with Gasteiger partial charge in [-0.15, -0.1) is 0 Å². The first kappa shape index (κ1) is 21.4. The van der Waals surface area contributed by atoms with Gasteiger partial charge in [-0.3, -0.25) is 19.3 Å². The second-order valence-electron chi connectivity index (χ2n) is 7.05. The molecule has 1 N–H and O–H groups in total. The van der Waals surface area contributed by atoms with Gasteiger partial charge < -0.3 is 5.32 Å². The molecule has 6 heteroatoms. The third-order valence-corrected chi connectivity index (χ3v) is 5.17. The Labute approximate surface area is 166 Å². The standard InChI is InChI=1S/C21H29ClN2O3/c22-17-11-8-9-12-18(17)23-19(25)13-7-5-3-1-2-4-6-10-16-24-20(26)14-15-21(24)27/h8-9,11-12H,1-7,10,13-16H2,(H,23,25). The van der Waals surface area contributed by atoms with Gasteiger partial charge in [0.25, 0.3) is 0 Å². The van der Waals surface area contributed by atoms with E-state index < -0.39 is 0 Å². The topological polar surface area (TPSA) is 66.5 Å². The molecule has 1 saturated heterocycles. The zero-order chi connectivity index (χ0) is 19.5. The maximum Gasteiger partial charge on any atom is 0.229 e. The van der Waals surface area contributed by atoms with Crippen LogP contribution >= 0.6 is 11.6 Å². The summed E-state index contributed by atoms with van der Waals surface area (Å²) < 4.78 is 0. The largest absolute Gasteiger partial charge is 0.325 e. The minimum Gasteiger partial charge on any atom is -0.325 e. The Morgan fingerprint density at radius 1 is 0.889 bits per heavy atom. The van der Waals surface area contributed by atoms with Crippen molar-refractivity contribution in [3.63, 3.8) is 0 Å². The molecule has 1 aromatic rings. The summed E-state index contributed by atoms with van der Waals surface area (Å²) in [5.41, 5.74) is 0.668. The molecular weight excluding hydrogens is 364 g/mol. The molecule has 1 aliphatic heterocycles. The van der Waals surface area contributed by atoms with Crippen LogP contribution in [0.5, 0.6) is 0 Å². The van der Waals surface area contributed by atoms with E-state index in [1.807, 2.05) is 12.1 Å². The van der Waals surface area contributed by atoms with Crippen LogP contribution in [0, 0.1) is 0 Å². The van der Waals surface area contributed by atoms with E-state index in [9.17, 15) is 14.4 Å². The zero-order valence-corrected chi connectivity index (χ0v) is 16.6. The van der Waals surface area contributed by atoms with Gasteiger partial charge in [0.05, 0.1) is 10.7 Å². The lowest BCUT2D eigenvalue weighted by atomic mass is 10.1. The highest BCUT2D eigenvalue weighted by Crippen LogP contribution is 2.21. The SMILES string of the molecule is O=C(CCCCCCCCCCN1C(=O)CCC1=O)Nc1ccccc1Cl. The maximum atomic E-state index is 11.9. The van der Waals surface area contributed by atoms with Gasteiger partial charge in [-0.1, -0.05) is 62.3 Å². The molecule has 0 radical (unpaired) electrons. The lowest BCUT2D eigenvalue weighted by Gasteiger charge is -2.13. The number of halogens is 1. The third kappa shape index (κ3) is 7.71. The molecule has 0 aromatic heterocycles. The van der Waals surface area contributed by atoms with E-state index in [4.69, 9.17) is 11.6 Å². The second-order valence-corrected chi connectivity index (χ2v) is 7.45. The predicted octanol–water partition coefficient (Wildman–Crippen LogP) is 4.94. The number of unbranched alkanes of at least 4 members (excludes halogenated alkanes) is 7. The van der Waals surface area contributed by atoms with Gasteiger partial charge in [0, 0.05) is 25.8 Å². The molecular formula is C21H29ClN2O3. The molecule has 2 rings (SSSR count). The summed E-state index contributed by atoms with van der Waals surface area (Å²) in [4.78, 5) is 36.3. The maximum absolute atomic E-state index is 11.9. The van der Waals surface area contributed by atoms with Gasteiger partial charge in [0.2, 0.25) is 17.7 Å². The summed E-state index contributed by atoms with van der Waals surface area (Å²) in [5, 5.41) is 3.40. The van der Waals surface area contributed by atoms with Crippen LogP contribution in [-0.2, 0) is 14.4 Å². The van der Waals surface area contributed by atoms with Crippen molar-refractivity contribution in [1.82, 2.24) is 4.90 Å². The Bertz CT molecular complexity index is 632. The van der Waals surface area contributed by atoms with Crippen molar-refractivity contribution in [2.45, 2.75) is 70.6 Å². The summed E-state index contributed by atoms with van der Waals surface area (Å²) in [6.45, 7) is 0.582. The van der Waals surface area contributed by atoms with E-state index in [-0.39, 0.29) is 17.7 Å². The Balaban J connectivity index is 1.41. The molecule has 1 fully saturated rings. The molecule has 1 aliphatic rings. The fourth-order valence-corrected chi connectivity index (χ4v) is 3.45. The molecule has 0 saturated carbocycles. The first-order valence-corrected chi connectivity index (χ1v) is 10.3. The van der Waals surface area contributed by atoms with Crippen LogP contribution in [0.2, 0.25) is 5.02 Å². The Morgan fingerprint density at radius 2 is 1.44 bits per heavy atom. The summed E-state index contributed by atoms with van der Waals surface area (Å²) in [5.74, 6) is -0.0220. The average Bonchev–Trinajstić information content (AvgIpc) is 2.97. The lowest BCUT2D eigenvalue weighted by Crippen LogP contribution is -2.29. The summed E-state index contributed by atoms with van der Waals surface area (Å²) in [7, 11) is 0. The van der Waals surface area contributed by atoms with Crippen molar-refractivity contribution >= 4 is 35.0 Å². The molecule has 148 valence electrons. The van der Waals surface area contributed by atoms with Crippen LogP contribution in [0.25, 0.3) is 0 Å². The molecule has 1 aromatic carbocycles. The predicted molar refractivity (Wildman–Crippen MR) is 108 cm³/mol. The van der Waals surface area contributed by atoms with E-state index in [2.05, 4.69) is 5.32 Å². The number of anilines is 1. The minimum atomic E-state index is -0.0152. The third-order valence-electron chi connectivity index (χ3n) is 4.84. The molecule has 0 unspecified atom stereocenters. The fraction of sp³-hybridized carbons (Fsp3) is 0.571. The normalized spacial score (nSPS) is 14.0. The number of carbonyl (C=O) groups excluding carboxylic acids is 3. The molecule has 0 bridgehead atoms. The second kappa shape index (κ2) is 11.8. The van der Waals surface area contributed by atoms with Crippen molar-refractivity contribution in [3.8, 4) is 0 Å². The van der Waals surface area contributed by atoms with Crippen LogP contribution in [0.3, 0.4) is 0 Å². The lowest BCUT2D eigenvalue weighted by molar-refractivity contribution is -0.138. The summed E-state index contributed by atoms with van der Waals surface area (Å²) in [6.07, 6.45) is 9.75. The summed E-state index contributed by atoms with van der Waals surface area (Å²) >= 11 is 6.02. The number of imide groups is 1. The van der Waals surface area contributed by atoms with Crippen molar-refractivity contribution in [1.29, 1.82) is 0 Å². The van der Waals surface area contributed by atoms with Gasteiger partial charge >= 0.3 is 0 Å². The van der Waals surface area contributed by atoms with Gasteiger partial charge in [0.15, 0.2) is 0 Å². The number of likely N-dealkylation sites (tertiary alicyclic amines) is 1. The van der Waals surface area contributed by atoms with Crippen LogP contribution in [0.1, 0.15) is 70.6 Å². The highest BCUT2D eigenvalue weighted by Gasteiger charge is 2.27.